The Kier molecular flexibility index (Phi) is 18.1. The predicted octanol–water partition coefficient (Wildman–Crippen LogP) is 5.18. The molecule has 0 heterocycles. The van der Waals surface area contributed by atoms with Gasteiger partial charge in [-0.15, -0.1) is 4.33 Å². The Balaban J connectivity index is 0. The summed E-state index contributed by atoms with van der Waals surface area (Å²) in [6.45, 7) is 6.94. The van der Waals surface area contributed by atoms with E-state index in [4.69, 9.17) is 9.99 Å². The van der Waals surface area contributed by atoms with Gasteiger partial charge in [-0.3, -0.25) is 4.79 Å². The molecule has 0 saturated carbocycles. The van der Waals surface area contributed by atoms with Crippen molar-refractivity contribution in [3.63, 3.8) is 0 Å². The summed E-state index contributed by atoms with van der Waals surface area (Å²) in [5.74, 6) is -0.149. The molecule has 0 aromatic heterocycles. The first-order valence-electron chi connectivity index (χ1n) is 8.80. The molecule has 146 valence electrons. The molecule has 24 heavy (non-hydrogen) atoms. The van der Waals surface area contributed by atoms with Crippen LogP contribution in [0.2, 0.25) is 0 Å². The van der Waals surface area contributed by atoms with Crippen LogP contribution >= 0.6 is 25.7 Å². The van der Waals surface area contributed by atoms with Gasteiger partial charge >= 0.3 is 5.97 Å². The number of hydrogen-bond acceptors (Lipinski definition) is 6. The maximum atomic E-state index is 12.1. The van der Waals surface area contributed by atoms with Crippen LogP contribution in [0.4, 0.5) is 0 Å². The Labute approximate surface area is 159 Å². The number of carbonyl (C=O) groups excluding carboxylic acids is 1. The standard InChI is InChI=1S/C17H35NO4S.H2S/c1-5-6-7-8-9-10-11-12-13-17(2,3)16(19)21-15-14-18(4)23-22-20;/h20H,5-15H2,1-4H3;1H2. The lowest BCUT2D eigenvalue weighted by Gasteiger charge is -2.23. The van der Waals surface area contributed by atoms with Gasteiger partial charge < -0.3 is 4.74 Å². The molecule has 0 aliphatic heterocycles. The van der Waals surface area contributed by atoms with Crippen molar-refractivity contribution in [1.29, 1.82) is 0 Å². The third-order valence-electron chi connectivity index (χ3n) is 4.01. The summed E-state index contributed by atoms with van der Waals surface area (Å²) >= 11 is 0.814. The van der Waals surface area contributed by atoms with Crippen LogP contribution in [0.1, 0.15) is 78.6 Å². The van der Waals surface area contributed by atoms with Crippen molar-refractivity contribution in [2.24, 2.45) is 5.41 Å². The van der Waals surface area contributed by atoms with Gasteiger partial charge in [0.05, 0.1) is 5.41 Å². The molecule has 0 saturated heterocycles. The van der Waals surface area contributed by atoms with Crippen LogP contribution in [0.25, 0.3) is 0 Å². The van der Waals surface area contributed by atoms with Crippen LogP contribution in [-0.2, 0) is 13.9 Å². The van der Waals surface area contributed by atoms with E-state index in [1.807, 2.05) is 13.8 Å². The Morgan fingerprint density at radius 3 is 2.17 bits per heavy atom. The lowest BCUT2D eigenvalue weighted by Crippen LogP contribution is -2.29. The molecule has 0 radical (unpaired) electrons. The van der Waals surface area contributed by atoms with Crippen LogP contribution in [0.15, 0.2) is 0 Å². The van der Waals surface area contributed by atoms with E-state index >= 15 is 0 Å². The molecule has 0 amide bonds. The first-order valence-corrected chi connectivity index (χ1v) is 9.50. The molecule has 5 nitrogen and oxygen atoms in total. The molecule has 7 heteroatoms. The highest BCUT2D eigenvalue weighted by atomic mass is 32.2. The minimum Gasteiger partial charge on any atom is -0.464 e. The van der Waals surface area contributed by atoms with E-state index in [0.29, 0.717) is 13.2 Å². The maximum Gasteiger partial charge on any atom is 0.311 e. The Hall–Kier alpha value is 0.0500. The number of ether oxygens (including phenoxy) is 1. The minimum absolute atomic E-state index is 0. The van der Waals surface area contributed by atoms with Crippen molar-refractivity contribution in [1.82, 2.24) is 4.31 Å². The van der Waals surface area contributed by atoms with Crippen molar-refractivity contribution < 1.29 is 19.1 Å². The predicted molar refractivity (Wildman–Crippen MR) is 106 cm³/mol. The molecule has 0 aliphatic rings. The summed E-state index contributed by atoms with van der Waals surface area (Å²) in [5, 5.41) is 8.29. The van der Waals surface area contributed by atoms with Gasteiger partial charge in [0.15, 0.2) is 0 Å². The molecule has 0 aliphatic carbocycles. The molecular weight excluding hydrogens is 346 g/mol. The summed E-state index contributed by atoms with van der Waals surface area (Å²) in [5.41, 5.74) is -0.429. The Bertz CT molecular complexity index is 304. The van der Waals surface area contributed by atoms with Gasteiger partial charge in [-0.2, -0.15) is 13.5 Å². The average Bonchev–Trinajstić information content (AvgIpc) is 2.50. The van der Waals surface area contributed by atoms with Crippen LogP contribution in [-0.4, -0.2) is 35.7 Å². The third-order valence-corrected chi connectivity index (χ3v) is 4.51. The van der Waals surface area contributed by atoms with Gasteiger partial charge in [-0.05, 0) is 27.3 Å². The smallest absolute Gasteiger partial charge is 0.311 e. The molecule has 0 aromatic rings. The molecule has 0 aromatic carbocycles. The highest BCUT2D eigenvalue weighted by molar-refractivity contribution is 7.92. The molecule has 0 spiro atoms. The first kappa shape index (κ1) is 26.3. The fourth-order valence-electron chi connectivity index (χ4n) is 2.36. The van der Waals surface area contributed by atoms with Crippen molar-refractivity contribution in [3.8, 4) is 0 Å². The van der Waals surface area contributed by atoms with Crippen LogP contribution in [0, 0.1) is 5.41 Å². The second-order valence-corrected chi connectivity index (χ2v) is 7.67. The summed E-state index contributed by atoms with van der Waals surface area (Å²) in [6.07, 6.45) is 11.0. The van der Waals surface area contributed by atoms with E-state index in [0.717, 1.165) is 25.1 Å². The lowest BCUT2D eigenvalue weighted by atomic mass is 9.87. The average molecular weight is 384 g/mol. The Morgan fingerprint density at radius 2 is 1.62 bits per heavy atom. The molecular formula is C17H37NO4S2. The monoisotopic (exact) mass is 383 g/mol. The second-order valence-electron chi connectivity index (χ2n) is 6.75. The van der Waals surface area contributed by atoms with E-state index < -0.39 is 5.41 Å². The molecule has 0 fully saturated rings. The van der Waals surface area contributed by atoms with E-state index in [2.05, 4.69) is 11.3 Å². The molecule has 0 atom stereocenters. The van der Waals surface area contributed by atoms with Gasteiger partial charge in [0.1, 0.15) is 18.8 Å². The first-order chi connectivity index (χ1) is 10.9. The molecule has 0 rings (SSSR count). The fraction of sp³-hybridized carbons (Fsp3) is 0.941. The number of likely N-dealkylation sites (N-methyl/N-ethyl adjacent to an activating group) is 1. The van der Waals surface area contributed by atoms with Crippen LogP contribution in [0.3, 0.4) is 0 Å². The largest absolute Gasteiger partial charge is 0.464 e. The summed E-state index contributed by atoms with van der Waals surface area (Å²) in [4.78, 5) is 12.1. The van der Waals surface area contributed by atoms with E-state index in [1.54, 1.807) is 11.4 Å². The minimum atomic E-state index is -0.429. The SMILES string of the molecule is CCCCCCCCCCC(C)(C)C(=O)OCCN(C)SOO.S. The number of carbonyl (C=O) groups is 1. The number of esters is 1. The van der Waals surface area contributed by atoms with Gasteiger partial charge in [0, 0.05) is 6.54 Å². The quantitative estimate of drug-likeness (QED) is 0.105. The zero-order valence-corrected chi connectivity index (χ0v) is 17.6. The summed E-state index contributed by atoms with van der Waals surface area (Å²) in [7, 11) is 1.75. The fourth-order valence-corrected chi connectivity index (χ4v) is 2.62. The highest BCUT2D eigenvalue weighted by Gasteiger charge is 2.28. The summed E-state index contributed by atoms with van der Waals surface area (Å²) < 4.78 is 10.9. The van der Waals surface area contributed by atoms with Crippen molar-refractivity contribution in [2.45, 2.75) is 78.6 Å². The van der Waals surface area contributed by atoms with E-state index in [1.165, 1.54) is 44.9 Å². The van der Waals surface area contributed by atoms with Crippen molar-refractivity contribution in [2.75, 3.05) is 20.2 Å². The van der Waals surface area contributed by atoms with E-state index in [9.17, 15) is 4.79 Å². The van der Waals surface area contributed by atoms with Gasteiger partial charge in [0.25, 0.3) is 0 Å². The second kappa shape index (κ2) is 16.5. The number of nitrogens with zero attached hydrogens (tertiary/aromatic N) is 1. The number of unbranched alkanes of at least 4 members (excludes halogenated alkanes) is 7. The van der Waals surface area contributed by atoms with Gasteiger partial charge in [-0.1, -0.05) is 58.3 Å². The van der Waals surface area contributed by atoms with Gasteiger partial charge in [-0.25, -0.2) is 9.56 Å². The zero-order valence-electron chi connectivity index (χ0n) is 15.8. The molecule has 0 unspecified atom stereocenters. The maximum absolute atomic E-state index is 12.1. The molecule has 1 N–H and O–H groups in total. The Morgan fingerprint density at radius 1 is 1.08 bits per heavy atom. The normalized spacial score (nSPS) is 11.4. The third kappa shape index (κ3) is 14.4. The van der Waals surface area contributed by atoms with Gasteiger partial charge in [0.2, 0.25) is 0 Å². The summed E-state index contributed by atoms with van der Waals surface area (Å²) in [6, 6.07) is 0. The highest BCUT2D eigenvalue weighted by Crippen LogP contribution is 2.26. The van der Waals surface area contributed by atoms with E-state index in [-0.39, 0.29) is 19.5 Å². The van der Waals surface area contributed by atoms with Crippen molar-refractivity contribution in [3.05, 3.63) is 0 Å². The molecule has 0 bridgehead atoms. The van der Waals surface area contributed by atoms with Crippen molar-refractivity contribution >= 4 is 31.7 Å². The lowest BCUT2D eigenvalue weighted by molar-refractivity contribution is -0.154. The number of rotatable bonds is 15. The topological polar surface area (TPSA) is 59.0 Å². The van der Waals surface area contributed by atoms with Crippen LogP contribution in [0.5, 0.6) is 0 Å². The number of hydrogen-bond donors (Lipinski definition) is 1. The van der Waals surface area contributed by atoms with Crippen LogP contribution < -0.4 is 0 Å². The zero-order chi connectivity index (χ0) is 17.6.